The summed E-state index contributed by atoms with van der Waals surface area (Å²) in [5, 5.41) is 8.01. The lowest BCUT2D eigenvalue weighted by Crippen LogP contribution is -2.31. The van der Waals surface area contributed by atoms with Crippen molar-refractivity contribution < 1.29 is 0 Å². The first-order valence-corrected chi connectivity index (χ1v) is 7.39. The third-order valence-corrected chi connectivity index (χ3v) is 4.43. The minimum absolute atomic E-state index is 0.454. The van der Waals surface area contributed by atoms with Crippen LogP contribution in [0.15, 0.2) is 12.4 Å². The molecule has 3 heteroatoms. The summed E-state index contributed by atoms with van der Waals surface area (Å²) < 4.78 is 2.03. The third-order valence-electron chi connectivity index (χ3n) is 4.43. The number of hydrogen-bond donors (Lipinski definition) is 1. The number of rotatable bonds is 6. The largest absolute Gasteiger partial charge is 0.312 e. The minimum Gasteiger partial charge on any atom is -0.312 e. The fraction of sp³-hybridized carbons (Fsp3) is 0.800. The van der Waals surface area contributed by atoms with Gasteiger partial charge in [-0.3, -0.25) is 4.68 Å². The summed E-state index contributed by atoms with van der Waals surface area (Å²) in [6, 6.07) is 0.454. The second-order valence-corrected chi connectivity index (χ2v) is 6.09. The SMILES string of the molecule is CCC1(CNCc2cnn(C(C)C)c2)CCCC1. The number of hydrogen-bond acceptors (Lipinski definition) is 2. The molecule has 1 N–H and O–H groups in total. The maximum atomic E-state index is 4.38. The molecule has 3 nitrogen and oxygen atoms in total. The highest BCUT2D eigenvalue weighted by molar-refractivity contribution is 5.04. The zero-order valence-electron chi connectivity index (χ0n) is 12.1. The molecule has 0 amide bonds. The third kappa shape index (κ3) is 3.14. The van der Waals surface area contributed by atoms with E-state index in [0.717, 1.165) is 13.1 Å². The molecule has 1 heterocycles. The Morgan fingerprint density at radius 1 is 1.39 bits per heavy atom. The van der Waals surface area contributed by atoms with Crippen molar-refractivity contribution in [1.82, 2.24) is 15.1 Å². The molecule has 0 aromatic carbocycles. The molecule has 0 bridgehead atoms. The molecule has 1 saturated carbocycles. The van der Waals surface area contributed by atoms with Crippen LogP contribution in [0.1, 0.15) is 64.5 Å². The Morgan fingerprint density at radius 2 is 2.11 bits per heavy atom. The van der Waals surface area contributed by atoms with Gasteiger partial charge in [0.25, 0.3) is 0 Å². The summed E-state index contributed by atoms with van der Waals surface area (Å²) in [5.74, 6) is 0. The van der Waals surface area contributed by atoms with Crippen LogP contribution in [0.25, 0.3) is 0 Å². The van der Waals surface area contributed by atoms with Crippen molar-refractivity contribution in [3.8, 4) is 0 Å². The van der Waals surface area contributed by atoms with E-state index in [2.05, 4.69) is 37.4 Å². The second kappa shape index (κ2) is 5.87. The summed E-state index contributed by atoms with van der Waals surface area (Å²) >= 11 is 0. The van der Waals surface area contributed by atoms with Gasteiger partial charge >= 0.3 is 0 Å². The maximum Gasteiger partial charge on any atom is 0.0534 e. The van der Waals surface area contributed by atoms with E-state index >= 15 is 0 Å². The Bertz CT molecular complexity index is 362. The van der Waals surface area contributed by atoms with Gasteiger partial charge in [-0.1, -0.05) is 19.8 Å². The zero-order chi connectivity index (χ0) is 13.0. The Labute approximate surface area is 111 Å². The van der Waals surface area contributed by atoms with Gasteiger partial charge in [-0.25, -0.2) is 0 Å². The van der Waals surface area contributed by atoms with E-state index in [1.165, 1.54) is 37.7 Å². The molecule has 102 valence electrons. The van der Waals surface area contributed by atoms with Crippen molar-refractivity contribution in [1.29, 1.82) is 0 Å². The number of nitrogens with one attached hydrogen (secondary N) is 1. The van der Waals surface area contributed by atoms with Gasteiger partial charge in [0, 0.05) is 30.9 Å². The molecule has 0 unspecified atom stereocenters. The molecule has 0 atom stereocenters. The van der Waals surface area contributed by atoms with Crippen molar-refractivity contribution in [2.45, 2.75) is 65.5 Å². The van der Waals surface area contributed by atoms with Crippen molar-refractivity contribution in [2.24, 2.45) is 5.41 Å². The van der Waals surface area contributed by atoms with Gasteiger partial charge in [0.1, 0.15) is 0 Å². The molecule has 2 rings (SSSR count). The Balaban J connectivity index is 1.80. The van der Waals surface area contributed by atoms with Crippen molar-refractivity contribution in [2.75, 3.05) is 6.54 Å². The summed E-state index contributed by atoms with van der Waals surface area (Å²) in [6.45, 7) is 8.78. The average molecular weight is 249 g/mol. The van der Waals surface area contributed by atoms with Gasteiger partial charge in [-0.05, 0) is 38.5 Å². The van der Waals surface area contributed by atoms with E-state index in [-0.39, 0.29) is 0 Å². The highest BCUT2D eigenvalue weighted by Gasteiger charge is 2.31. The fourth-order valence-corrected chi connectivity index (χ4v) is 3.00. The first kappa shape index (κ1) is 13.6. The summed E-state index contributed by atoms with van der Waals surface area (Å²) in [6.07, 6.45) is 11.1. The smallest absolute Gasteiger partial charge is 0.0534 e. The predicted octanol–water partition coefficient (Wildman–Crippen LogP) is 3.52. The van der Waals surface area contributed by atoms with Crippen LogP contribution >= 0.6 is 0 Å². The molecule has 18 heavy (non-hydrogen) atoms. The molecule has 1 aromatic heterocycles. The minimum atomic E-state index is 0.454. The van der Waals surface area contributed by atoms with Crippen molar-refractivity contribution >= 4 is 0 Å². The highest BCUT2D eigenvalue weighted by atomic mass is 15.3. The molecule has 1 aromatic rings. The standard InChI is InChI=1S/C15H27N3/c1-4-15(7-5-6-8-15)12-16-9-14-10-17-18(11-14)13(2)3/h10-11,13,16H,4-9,12H2,1-3H3. The van der Waals surface area contributed by atoms with E-state index < -0.39 is 0 Å². The van der Waals surface area contributed by atoms with E-state index in [0.29, 0.717) is 11.5 Å². The van der Waals surface area contributed by atoms with Gasteiger partial charge in [-0.2, -0.15) is 5.10 Å². The lowest BCUT2D eigenvalue weighted by atomic mass is 9.83. The van der Waals surface area contributed by atoms with E-state index in [1.807, 2.05) is 10.9 Å². The second-order valence-electron chi connectivity index (χ2n) is 6.09. The Hall–Kier alpha value is -0.830. The van der Waals surface area contributed by atoms with Crippen LogP contribution in [0.3, 0.4) is 0 Å². The van der Waals surface area contributed by atoms with Gasteiger partial charge in [-0.15, -0.1) is 0 Å². The van der Waals surface area contributed by atoms with Crippen LogP contribution in [0.2, 0.25) is 0 Å². The van der Waals surface area contributed by atoms with Crippen LogP contribution in [0.4, 0.5) is 0 Å². The van der Waals surface area contributed by atoms with Crippen molar-refractivity contribution in [3.63, 3.8) is 0 Å². The van der Waals surface area contributed by atoms with Gasteiger partial charge in [0.2, 0.25) is 0 Å². The monoisotopic (exact) mass is 249 g/mol. The van der Waals surface area contributed by atoms with E-state index in [4.69, 9.17) is 0 Å². The molecular weight excluding hydrogens is 222 g/mol. The van der Waals surface area contributed by atoms with Crippen LogP contribution in [-0.2, 0) is 6.54 Å². The first-order chi connectivity index (χ1) is 8.65. The lowest BCUT2D eigenvalue weighted by molar-refractivity contribution is 0.268. The maximum absolute atomic E-state index is 4.38. The molecule has 0 radical (unpaired) electrons. The molecule has 1 aliphatic rings. The first-order valence-electron chi connectivity index (χ1n) is 7.39. The van der Waals surface area contributed by atoms with Crippen LogP contribution < -0.4 is 5.32 Å². The molecule has 0 saturated heterocycles. The van der Waals surface area contributed by atoms with Gasteiger partial charge in [0.05, 0.1) is 6.20 Å². The predicted molar refractivity (Wildman–Crippen MR) is 75.5 cm³/mol. The van der Waals surface area contributed by atoms with Crippen LogP contribution in [0.5, 0.6) is 0 Å². The molecule has 0 spiro atoms. The Morgan fingerprint density at radius 3 is 2.67 bits per heavy atom. The van der Waals surface area contributed by atoms with Crippen LogP contribution in [0, 0.1) is 5.41 Å². The zero-order valence-corrected chi connectivity index (χ0v) is 12.1. The van der Waals surface area contributed by atoms with E-state index in [9.17, 15) is 0 Å². The molecule has 0 aliphatic heterocycles. The Kier molecular flexibility index (Phi) is 4.44. The van der Waals surface area contributed by atoms with Gasteiger partial charge < -0.3 is 5.32 Å². The quantitative estimate of drug-likeness (QED) is 0.836. The topological polar surface area (TPSA) is 29.9 Å². The average Bonchev–Trinajstić information content (AvgIpc) is 2.98. The van der Waals surface area contributed by atoms with Gasteiger partial charge in [0.15, 0.2) is 0 Å². The normalized spacial score (nSPS) is 18.7. The lowest BCUT2D eigenvalue weighted by Gasteiger charge is -2.27. The van der Waals surface area contributed by atoms with Crippen LogP contribution in [-0.4, -0.2) is 16.3 Å². The fourth-order valence-electron chi connectivity index (χ4n) is 3.00. The van der Waals surface area contributed by atoms with E-state index in [1.54, 1.807) is 0 Å². The summed E-state index contributed by atoms with van der Waals surface area (Å²) in [5.41, 5.74) is 1.88. The molecule has 1 fully saturated rings. The van der Waals surface area contributed by atoms with Crippen molar-refractivity contribution in [3.05, 3.63) is 18.0 Å². The molecule has 1 aliphatic carbocycles. The summed E-state index contributed by atoms with van der Waals surface area (Å²) in [7, 11) is 0. The molecular formula is C15H27N3. The number of nitrogens with zero attached hydrogens (tertiary/aromatic N) is 2. The number of aromatic nitrogens is 2. The summed E-state index contributed by atoms with van der Waals surface area (Å²) in [4.78, 5) is 0. The highest BCUT2D eigenvalue weighted by Crippen LogP contribution is 2.40.